The van der Waals surface area contributed by atoms with Gasteiger partial charge >= 0.3 is 0 Å². The maximum Gasteiger partial charge on any atom is 0.277 e. The van der Waals surface area contributed by atoms with Gasteiger partial charge in [0.25, 0.3) is 11.8 Å². The number of carbonyl (C=O) groups excluding carboxylic acids is 2. The van der Waals surface area contributed by atoms with E-state index in [-0.39, 0.29) is 23.5 Å². The van der Waals surface area contributed by atoms with Crippen LogP contribution in [0.15, 0.2) is 60.3 Å². The highest BCUT2D eigenvalue weighted by Gasteiger charge is 2.42. The van der Waals surface area contributed by atoms with Crippen LogP contribution in [0.5, 0.6) is 0 Å². The molecular weight excluding hydrogens is 381 g/mol. The SMILES string of the molecule is CC(C)CN1C(=O)C(c2ccc(F)cc2)=C(N2CCN(c3ccccc3)CC2)C1=O. The molecule has 0 spiro atoms. The summed E-state index contributed by atoms with van der Waals surface area (Å²) in [6.07, 6.45) is 0. The van der Waals surface area contributed by atoms with Crippen molar-refractivity contribution in [2.24, 2.45) is 5.92 Å². The lowest BCUT2D eigenvalue weighted by atomic mass is 10.0. The van der Waals surface area contributed by atoms with Gasteiger partial charge in [-0.1, -0.05) is 44.2 Å². The van der Waals surface area contributed by atoms with Crippen molar-refractivity contribution in [3.8, 4) is 0 Å². The number of anilines is 1. The molecule has 30 heavy (non-hydrogen) atoms. The maximum absolute atomic E-state index is 13.5. The van der Waals surface area contributed by atoms with E-state index in [1.54, 1.807) is 12.1 Å². The molecule has 2 aromatic carbocycles. The first kappa shape index (κ1) is 20.1. The van der Waals surface area contributed by atoms with Gasteiger partial charge in [-0.15, -0.1) is 0 Å². The van der Waals surface area contributed by atoms with Crippen LogP contribution >= 0.6 is 0 Å². The van der Waals surface area contributed by atoms with E-state index in [2.05, 4.69) is 17.0 Å². The number of amides is 2. The molecule has 0 N–H and O–H groups in total. The number of halogens is 1. The largest absolute Gasteiger partial charge is 0.368 e. The number of carbonyl (C=O) groups is 2. The predicted octanol–water partition coefficient (Wildman–Crippen LogP) is 3.38. The van der Waals surface area contributed by atoms with Gasteiger partial charge in [-0.3, -0.25) is 14.5 Å². The van der Waals surface area contributed by atoms with Crippen molar-refractivity contribution >= 4 is 23.1 Å². The van der Waals surface area contributed by atoms with Gasteiger partial charge in [0.15, 0.2) is 0 Å². The Labute approximate surface area is 176 Å². The summed E-state index contributed by atoms with van der Waals surface area (Å²) in [6.45, 7) is 7.14. The van der Waals surface area contributed by atoms with Crippen LogP contribution in [0.1, 0.15) is 19.4 Å². The van der Waals surface area contributed by atoms with Crippen molar-refractivity contribution in [2.45, 2.75) is 13.8 Å². The molecule has 4 rings (SSSR count). The zero-order chi connectivity index (χ0) is 21.3. The molecular formula is C24H26FN3O2. The van der Waals surface area contributed by atoms with Crippen LogP contribution in [0.2, 0.25) is 0 Å². The molecule has 0 unspecified atom stereocenters. The molecule has 5 nitrogen and oxygen atoms in total. The molecule has 2 aliphatic rings. The lowest BCUT2D eigenvalue weighted by Gasteiger charge is -2.37. The zero-order valence-corrected chi connectivity index (χ0v) is 17.3. The Kier molecular flexibility index (Phi) is 5.57. The van der Waals surface area contributed by atoms with E-state index in [4.69, 9.17) is 0 Å². The Morgan fingerprint density at radius 1 is 0.833 bits per heavy atom. The Bertz CT molecular complexity index is 962. The third-order valence-corrected chi connectivity index (χ3v) is 5.54. The summed E-state index contributed by atoms with van der Waals surface area (Å²) in [5, 5.41) is 0. The van der Waals surface area contributed by atoms with Gasteiger partial charge in [0, 0.05) is 38.4 Å². The number of hydrogen-bond acceptors (Lipinski definition) is 4. The lowest BCUT2D eigenvalue weighted by molar-refractivity contribution is -0.138. The molecule has 0 radical (unpaired) electrons. The molecule has 1 fully saturated rings. The molecule has 0 atom stereocenters. The standard InChI is InChI=1S/C24H26FN3O2/c1-17(2)16-28-23(29)21(18-8-10-19(25)11-9-18)22(24(28)30)27-14-12-26(13-15-27)20-6-4-3-5-7-20/h3-11,17H,12-16H2,1-2H3. The number of benzene rings is 2. The van der Waals surface area contributed by atoms with Crippen molar-refractivity contribution in [1.29, 1.82) is 0 Å². The van der Waals surface area contributed by atoms with Gasteiger partial charge in [0.2, 0.25) is 0 Å². The summed E-state index contributed by atoms with van der Waals surface area (Å²) in [7, 11) is 0. The Morgan fingerprint density at radius 3 is 2.03 bits per heavy atom. The monoisotopic (exact) mass is 407 g/mol. The van der Waals surface area contributed by atoms with Crippen LogP contribution in [-0.4, -0.2) is 54.3 Å². The van der Waals surface area contributed by atoms with Crippen molar-refractivity contribution in [3.05, 3.63) is 71.7 Å². The minimum atomic E-state index is -0.367. The number of para-hydroxylation sites is 1. The van der Waals surface area contributed by atoms with Crippen LogP contribution < -0.4 is 4.90 Å². The average Bonchev–Trinajstić information content (AvgIpc) is 2.99. The molecule has 6 heteroatoms. The first-order chi connectivity index (χ1) is 14.5. The third-order valence-electron chi connectivity index (χ3n) is 5.54. The number of piperazine rings is 1. The van der Waals surface area contributed by atoms with Crippen LogP contribution in [0.25, 0.3) is 5.57 Å². The molecule has 0 bridgehead atoms. The van der Waals surface area contributed by atoms with E-state index >= 15 is 0 Å². The van der Waals surface area contributed by atoms with Crippen molar-refractivity contribution in [2.75, 3.05) is 37.6 Å². The second-order valence-electron chi connectivity index (χ2n) is 8.15. The van der Waals surface area contributed by atoms with Crippen molar-refractivity contribution in [1.82, 2.24) is 9.80 Å². The summed E-state index contributed by atoms with van der Waals surface area (Å²) in [5.41, 5.74) is 2.57. The molecule has 2 amide bonds. The molecule has 2 aromatic rings. The lowest BCUT2D eigenvalue weighted by Crippen LogP contribution is -2.47. The van der Waals surface area contributed by atoms with Crippen LogP contribution in [0.4, 0.5) is 10.1 Å². The Balaban J connectivity index is 1.64. The second kappa shape index (κ2) is 8.30. The minimum absolute atomic E-state index is 0.168. The topological polar surface area (TPSA) is 43.9 Å². The van der Waals surface area contributed by atoms with Gasteiger partial charge in [-0.05, 0) is 35.7 Å². The highest BCUT2D eigenvalue weighted by molar-refractivity contribution is 6.35. The van der Waals surface area contributed by atoms with Crippen LogP contribution in [-0.2, 0) is 9.59 Å². The molecule has 156 valence electrons. The summed E-state index contributed by atoms with van der Waals surface area (Å²) in [6, 6.07) is 16.0. The molecule has 0 aliphatic carbocycles. The first-order valence-corrected chi connectivity index (χ1v) is 10.4. The molecule has 0 saturated carbocycles. The van der Waals surface area contributed by atoms with E-state index in [9.17, 15) is 14.0 Å². The van der Waals surface area contributed by atoms with Gasteiger partial charge in [0.1, 0.15) is 11.5 Å². The van der Waals surface area contributed by atoms with Crippen LogP contribution in [0, 0.1) is 11.7 Å². The molecule has 2 aliphatic heterocycles. The fourth-order valence-electron chi connectivity index (χ4n) is 4.09. The number of imide groups is 1. The van der Waals surface area contributed by atoms with E-state index in [0.29, 0.717) is 36.5 Å². The van der Waals surface area contributed by atoms with E-state index in [1.165, 1.54) is 17.0 Å². The quantitative estimate of drug-likeness (QED) is 0.713. The fourth-order valence-corrected chi connectivity index (χ4v) is 4.09. The van der Waals surface area contributed by atoms with Gasteiger partial charge in [0.05, 0.1) is 5.57 Å². The van der Waals surface area contributed by atoms with E-state index < -0.39 is 0 Å². The first-order valence-electron chi connectivity index (χ1n) is 10.4. The summed E-state index contributed by atoms with van der Waals surface area (Å²) >= 11 is 0. The minimum Gasteiger partial charge on any atom is -0.368 e. The normalized spacial score (nSPS) is 17.5. The van der Waals surface area contributed by atoms with Gasteiger partial charge < -0.3 is 9.80 Å². The van der Waals surface area contributed by atoms with Crippen LogP contribution in [0.3, 0.4) is 0 Å². The zero-order valence-electron chi connectivity index (χ0n) is 17.3. The fraction of sp³-hybridized carbons (Fsp3) is 0.333. The number of rotatable bonds is 5. The van der Waals surface area contributed by atoms with E-state index in [0.717, 1.165) is 18.8 Å². The second-order valence-corrected chi connectivity index (χ2v) is 8.15. The average molecular weight is 407 g/mol. The molecule has 1 saturated heterocycles. The molecule has 2 heterocycles. The highest BCUT2D eigenvalue weighted by Crippen LogP contribution is 2.33. The smallest absolute Gasteiger partial charge is 0.277 e. The summed E-state index contributed by atoms with van der Waals surface area (Å²) in [5.74, 6) is -0.739. The van der Waals surface area contributed by atoms with Crippen molar-refractivity contribution < 1.29 is 14.0 Å². The summed E-state index contributed by atoms with van der Waals surface area (Å²) < 4.78 is 13.5. The molecule has 0 aromatic heterocycles. The summed E-state index contributed by atoms with van der Waals surface area (Å²) in [4.78, 5) is 32.1. The Morgan fingerprint density at radius 2 is 1.43 bits per heavy atom. The third kappa shape index (κ3) is 3.82. The Hall–Kier alpha value is -3.15. The number of hydrogen-bond donors (Lipinski definition) is 0. The number of nitrogens with zero attached hydrogens (tertiary/aromatic N) is 3. The van der Waals surface area contributed by atoms with Crippen molar-refractivity contribution in [3.63, 3.8) is 0 Å². The highest BCUT2D eigenvalue weighted by atomic mass is 19.1. The van der Waals surface area contributed by atoms with E-state index in [1.807, 2.05) is 36.9 Å². The van der Waals surface area contributed by atoms with Gasteiger partial charge in [-0.2, -0.15) is 0 Å². The van der Waals surface area contributed by atoms with Gasteiger partial charge in [-0.25, -0.2) is 4.39 Å². The predicted molar refractivity (Wildman–Crippen MR) is 115 cm³/mol. The maximum atomic E-state index is 13.5.